The fourth-order valence-electron chi connectivity index (χ4n) is 3.87. The van der Waals surface area contributed by atoms with Crippen LogP contribution in [0.3, 0.4) is 0 Å². The van der Waals surface area contributed by atoms with Crippen LogP contribution in [0.4, 0.5) is 0 Å². The summed E-state index contributed by atoms with van der Waals surface area (Å²) in [5.41, 5.74) is 4.16. The summed E-state index contributed by atoms with van der Waals surface area (Å²) in [7, 11) is 0. The number of imidazole rings is 1. The zero-order valence-electron chi connectivity index (χ0n) is 15.5. The average Bonchev–Trinajstić information content (AvgIpc) is 3.12. The van der Waals surface area contributed by atoms with Crippen LogP contribution in [-0.2, 0) is 19.5 Å². The lowest BCUT2D eigenvalue weighted by molar-refractivity contribution is 0.0888. The van der Waals surface area contributed by atoms with Gasteiger partial charge in [0, 0.05) is 54.9 Å². The summed E-state index contributed by atoms with van der Waals surface area (Å²) in [6.07, 6.45) is 4.89. The minimum Gasteiger partial charge on any atom is -0.344 e. The molecule has 0 unspecified atom stereocenters. The van der Waals surface area contributed by atoms with Gasteiger partial charge in [0.15, 0.2) is 5.78 Å². The molecular formula is C20H23N3O. The minimum absolute atomic E-state index is 0.0529. The molecule has 3 aromatic rings. The Bertz CT molecular complexity index is 984. The summed E-state index contributed by atoms with van der Waals surface area (Å²) in [5, 5.41) is 0.992. The molecular weight excluding hydrogens is 298 g/mol. The van der Waals surface area contributed by atoms with Gasteiger partial charge < -0.3 is 9.13 Å². The van der Waals surface area contributed by atoms with Crippen molar-refractivity contribution >= 4 is 16.7 Å². The number of benzene rings is 1. The molecule has 2 heterocycles. The summed E-state index contributed by atoms with van der Waals surface area (Å²) >= 11 is 0. The van der Waals surface area contributed by atoms with Gasteiger partial charge in [-0.15, -0.1) is 0 Å². The largest absolute Gasteiger partial charge is 0.344 e. The molecule has 0 spiro atoms. The molecule has 124 valence electrons. The van der Waals surface area contributed by atoms with Crippen LogP contribution in [0.1, 0.15) is 42.2 Å². The van der Waals surface area contributed by atoms with Gasteiger partial charge in [-0.05, 0) is 45.2 Å². The van der Waals surface area contributed by atoms with E-state index in [1.807, 2.05) is 23.8 Å². The van der Waals surface area contributed by atoms with Crippen molar-refractivity contribution in [2.75, 3.05) is 0 Å². The highest BCUT2D eigenvalue weighted by atomic mass is 16.1. The first-order chi connectivity index (χ1) is 11.9. The monoisotopic (exact) mass is 322 g/mol. The second kappa shape index (κ2) is 5.62. The number of carbonyl (C=O) groups is 1. The zero-order chi connectivity index (χ0) is 17.8. The van der Waals surface area contributed by atoms with Gasteiger partial charge >= 0.3 is 0 Å². The van der Waals surface area contributed by atoms with Crippen LogP contribution in [0.25, 0.3) is 10.9 Å². The zero-order valence-corrected chi connectivity index (χ0v) is 14.5. The van der Waals surface area contributed by atoms with Crippen LogP contribution < -0.4 is 0 Å². The van der Waals surface area contributed by atoms with Gasteiger partial charge in [-0.25, -0.2) is 4.98 Å². The summed E-state index contributed by atoms with van der Waals surface area (Å²) in [6.45, 7) is 7.30. The molecule has 0 radical (unpaired) electrons. The maximum Gasteiger partial charge on any atom is 0.170 e. The minimum atomic E-state index is -1.13. The average molecular weight is 322 g/mol. The van der Waals surface area contributed by atoms with E-state index in [0.717, 1.165) is 41.0 Å². The highest BCUT2D eigenvalue weighted by Gasteiger charge is 2.32. The van der Waals surface area contributed by atoms with Crippen molar-refractivity contribution in [3.8, 4) is 0 Å². The summed E-state index contributed by atoms with van der Waals surface area (Å²) < 4.78 is 13.1. The first kappa shape index (κ1) is 14.0. The molecule has 1 aliphatic rings. The Morgan fingerprint density at radius 1 is 1.38 bits per heavy atom. The first-order valence-electron chi connectivity index (χ1n) is 9.09. The molecule has 4 heteroatoms. The topological polar surface area (TPSA) is 39.8 Å². The second-order valence-corrected chi connectivity index (χ2v) is 6.62. The van der Waals surface area contributed by atoms with Gasteiger partial charge in [0.05, 0.1) is 0 Å². The number of hydrogen-bond donors (Lipinski definition) is 0. The van der Waals surface area contributed by atoms with Crippen molar-refractivity contribution in [3.05, 3.63) is 53.2 Å². The SMILES string of the molecule is [2H][C@@]1(Cn2ccnc2C)CCc2c(c3ccc(C)cc3n2CC)C1=O. The molecule has 4 nitrogen and oxygen atoms in total. The Balaban J connectivity index is 1.85. The molecule has 1 atom stereocenters. The molecule has 0 fully saturated rings. The van der Waals surface area contributed by atoms with E-state index in [1.165, 1.54) is 5.56 Å². The quantitative estimate of drug-likeness (QED) is 0.733. The number of fused-ring (bicyclic) bond motifs is 3. The lowest BCUT2D eigenvalue weighted by atomic mass is 9.84. The fourth-order valence-corrected chi connectivity index (χ4v) is 3.87. The van der Waals surface area contributed by atoms with E-state index in [1.54, 1.807) is 6.20 Å². The Morgan fingerprint density at radius 2 is 2.21 bits per heavy atom. The maximum absolute atomic E-state index is 13.4. The number of aryl methyl sites for hydroxylation is 3. The van der Waals surface area contributed by atoms with Gasteiger partial charge in [-0.3, -0.25) is 4.79 Å². The third-order valence-corrected chi connectivity index (χ3v) is 5.14. The summed E-state index contributed by atoms with van der Waals surface area (Å²) in [4.78, 5) is 17.6. The first-order valence-corrected chi connectivity index (χ1v) is 8.59. The number of Topliss-reactive ketones (excluding diaryl/α,β-unsaturated/α-hetero) is 1. The van der Waals surface area contributed by atoms with E-state index in [0.29, 0.717) is 13.0 Å². The Hall–Kier alpha value is -2.36. The second-order valence-electron chi connectivity index (χ2n) is 6.62. The number of aromatic nitrogens is 3. The lowest BCUT2D eigenvalue weighted by Gasteiger charge is -2.23. The molecule has 4 rings (SSSR count). The molecule has 2 aromatic heterocycles. The Labute approximate surface area is 143 Å². The molecule has 0 N–H and O–H groups in total. The molecule has 0 aliphatic heterocycles. The smallest absolute Gasteiger partial charge is 0.170 e. The van der Waals surface area contributed by atoms with Gasteiger partial charge in [0.2, 0.25) is 0 Å². The van der Waals surface area contributed by atoms with E-state index in [-0.39, 0.29) is 5.78 Å². The van der Waals surface area contributed by atoms with Crippen molar-refractivity contribution in [3.63, 3.8) is 0 Å². The maximum atomic E-state index is 13.4. The van der Waals surface area contributed by atoms with Gasteiger partial charge in [0.25, 0.3) is 0 Å². The summed E-state index contributed by atoms with van der Waals surface area (Å²) in [6, 6.07) is 6.24. The van der Waals surface area contributed by atoms with Crippen LogP contribution in [0.2, 0.25) is 0 Å². The third-order valence-electron chi connectivity index (χ3n) is 5.14. The van der Waals surface area contributed by atoms with Gasteiger partial charge in [-0.2, -0.15) is 0 Å². The van der Waals surface area contributed by atoms with E-state index in [9.17, 15) is 4.79 Å². The molecule has 0 amide bonds. The van der Waals surface area contributed by atoms with Crippen LogP contribution in [-0.4, -0.2) is 19.9 Å². The molecule has 0 bridgehead atoms. The molecule has 0 saturated heterocycles. The van der Waals surface area contributed by atoms with Crippen LogP contribution in [0.5, 0.6) is 0 Å². The van der Waals surface area contributed by atoms with Crippen LogP contribution >= 0.6 is 0 Å². The number of carbonyl (C=O) groups excluding carboxylic acids is 1. The van der Waals surface area contributed by atoms with Crippen molar-refractivity contribution in [1.82, 2.24) is 14.1 Å². The number of nitrogens with zero attached hydrogens (tertiary/aromatic N) is 3. The fraction of sp³-hybridized carbons (Fsp3) is 0.400. The van der Waals surface area contributed by atoms with Crippen molar-refractivity contribution in [1.29, 1.82) is 0 Å². The normalized spacial score (nSPS) is 21.1. The van der Waals surface area contributed by atoms with Gasteiger partial charge in [0.1, 0.15) is 5.82 Å². The predicted octanol–water partition coefficient (Wildman–Crippen LogP) is 3.92. The molecule has 24 heavy (non-hydrogen) atoms. The highest BCUT2D eigenvalue weighted by molar-refractivity contribution is 6.11. The predicted molar refractivity (Wildman–Crippen MR) is 95.5 cm³/mol. The van der Waals surface area contributed by atoms with E-state index >= 15 is 0 Å². The third kappa shape index (κ3) is 2.20. The highest BCUT2D eigenvalue weighted by Crippen LogP contribution is 2.35. The van der Waals surface area contributed by atoms with Gasteiger partial charge in [-0.1, -0.05) is 12.1 Å². The molecule has 1 aliphatic carbocycles. The molecule has 1 aromatic carbocycles. The van der Waals surface area contributed by atoms with E-state index in [4.69, 9.17) is 1.37 Å². The Morgan fingerprint density at radius 3 is 2.92 bits per heavy atom. The van der Waals surface area contributed by atoms with Crippen LogP contribution in [0, 0.1) is 19.7 Å². The lowest BCUT2D eigenvalue weighted by Crippen LogP contribution is -2.27. The van der Waals surface area contributed by atoms with Crippen LogP contribution in [0.15, 0.2) is 30.6 Å². The van der Waals surface area contributed by atoms with Crippen molar-refractivity contribution in [2.24, 2.45) is 5.89 Å². The van der Waals surface area contributed by atoms with E-state index < -0.39 is 5.89 Å². The number of rotatable bonds is 3. The van der Waals surface area contributed by atoms with Crippen molar-refractivity contribution in [2.45, 2.75) is 46.7 Å². The number of hydrogen-bond acceptors (Lipinski definition) is 2. The molecule has 0 saturated carbocycles. The number of ketones is 1. The standard InChI is InChI=1S/C20H23N3O/c1-4-23-17-8-6-15(12-22-10-9-21-14(22)3)20(24)19(17)16-7-5-13(2)11-18(16)23/h5,7,9-11,15H,4,6,8,12H2,1-3H3/t15-/m0/s1/i15D. The van der Waals surface area contributed by atoms with Crippen molar-refractivity contribution < 1.29 is 6.17 Å². The Kier molecular flexibility index (Phi) is 3.28. The summed E-state index contributed by atoms with van der Waals surface area (Å²) in [5.74, 6) is -0.337. The van der Waals surface area contributed by atoms with E-state index in [2.05, 4.69) is 35.5 Å².